The SMILES string of the molecule is Cc1cc(O)c(C(C)(C)C)cc1C(CC(C)c1ccc(O)c(C(C)(C)C)c1)c1cc(C(C)(C)C)c(O)cc1C. The molecule has 3 rings (SSSR count). The van der Waals surface area contributed by atoms with E-state index in [1.54, 1.807) is 0 Å². The summed E-state index contributed by atoms with van der Waals surface area (Å²) in [4.78, 5) is 0. The third-order valence-corrected chi connectivity index (χ3v) is 8.12. The molecular weight excluding hydrogens is 480 g/mol. The summed E-state index contributed by atoms with van der Waals surface area (Å²) in [6.45, 7) is 25.6. The average molecular weight is 531 g/mol. The Morgan fingerprint density at radius 3 is 1.33 bits per heavy atom. The summed E-state index contributed by atoms with van der Waals surface area (Å²) >= 11 is 0. The highest BCUT2D eigenvalue weighted by molar-refractivity contribution is 5.53. The molecule has 1 unspecified atom stereocenters. The lowest BCUT2D eigenvalue weighted by Gasteiger charge is -2.31. The van der Waals surface area contributed by atoms with Gasteiger partial charge in [-0.2, -0.15) is 0 Å². The van der Waals surface area contributed by atoms with Crippen LogP contribution in [0.15, 0.2) is 42.5 Å². The van der Waals surface area contributed by atoms with Crippen molar-refractivity contribution in [1.82, 2.24) is 0 Å². The molecule has 0 radical (unpaired) electrons. The van der Waals surface area contributed by atoms with E-state index in [9.17, 15) is 15.3 Å². The van der Waals surface area contributed by atoms with Gasteiger partial charge in [0.05, 0.1) is 0 Å². The average Bonchev–Trinajstić information content (AvgIpc) is 2.76. The van der Waals surface area contributed by atoms with Gasteiger partial charge in [-0.25, -0.2) is 0 Å². The van der Waals surface area contributed by atoms with Gasteiger partial charge >= 0.3 is 0 Å². The number of aromatic hydroxyl groups is 3. The van der Waals surface area contributed by atoms with Crippen molar-refractivity contribution in [3.05, 3.63) is 87.0 Å². The van der Waals surface area contributed by atoms with E-state index in [0.29, 0.717) is 17.2 Å². The zero-order chi connectivity index (χ0) is 29.7. The minimum Gasteiger partial charge on any atom is -0.508 e. The minimum atomic E-state index is -0.207. The van der Waals surface area contributed by atoms with Gasteiger partial charge in [-0.1, -0.05) is 93.5 Å². The molecule has 1 atom stereocenters. The van der Waals surface area contributed by atoms with Gasteiger partial charge in [-0.15, -0.1) is 0 Å². The van der Waals surface area contributed by atoms with E-state index < -0.39 is 0 Å². The van der Waals surface area contributed by atoms with Crippen LogP contribution in [0.2, 0.25) is 0 Å². The monoisotopic (exact) mass is 530 g/mol. The molecule has 0 aromatic heterocycles. The molecule has 0 fully saturated rings. The predicted octanol–water partition coefficient (Wildman–Crippen LogP) is 9.64. The topological polar surface area (TPSA) is 60.7 Å². The van der Waals surface area contributed by atoms with Crippen molar-refractivity contribution in [2.24, 2.45) is 0 Å². The minimum absolute atomic E-state index is 0.0512. The number of aryl methyl sites for hydroxylation is 2. The smallest absolute Gasteiger partial charge is 0.119 e. The van der Waals surface area contributed by atoms with Gasteiger partial charge < -0.3 is 15.3 Å². The number of benzene rings is 3. The fourth-order valence-corrected chi connectivity index (χ4v) is 5.74. The standard InChI is InChI=1S/C36H50O3/c1-21(24-13-14-31(37)28(18-24)34(4,5)6)15-27(25-19-29(35(7,8)9)32(38)16-22(25)2)26-20-30(36(10,11)12)33(39)17-23(26)3/h13-14,16-21,27,37-39H,15H2,1-12H3. The van der Waals surface area contributed by atoms with E-state index in [1.807, 2.05) is 24.3 Å². The van der Waals surface area contributed by atoms with E-state index in [2.05, 4.69) is 101 Å². The Morgan fingerprint density at radius 2 is 0.949 bits per heavy atom. The molecule has 0 saturated carbocycles. The first-order valence-electron chi connectivity index (χ1n) is 14.2. The van der Waals surface area contributed by atoms with E-state index in [0.717, 1.165) is 34.2 Å². The number of phenolic OH excluding ortho intramolecular Hbond substituents is 3. The molecule has 3 aromatic rings. The van der Waals surface area contributed by atoms with Gasteiger partial charge in [-0.3, -0.25) is 0 Å². The van der Waals surface area contributed by atoms with Crippen LogP contribution in [0.3, 0.4) is 0 Å². The second kappa shape index (κ2) is 10.6. The zero-order valence-corrected chi connectivity index (χ0v) is 26.2. The van der Waals surface area contributed by atoms with Gasteiger partial charge in [-0.05, 0) is 105 Å². The van der Waals surface area contributed by atoms with Crippen molar-refractivity contribution in [3.63, 3.8) is 0 Å². The van der Waals surface area contributed by atoms with Crippen molar-refractivity contribution >= 4 is 0 Å². The maximum absolute atomic E-state index is 10.9. The Labute approximate surface area is 236 Å². The molecule has 0 bridgehead atoms. The number of phenols is 3. The fourth-order valence-electron chi connectivity index (χ4n) is 5.74. The molecule has 0 saturated heterocycles. The second-order valence-corrected chi connectivity index (χ2v) is 14.7. The Morgan fingerprint density at radius 1 is 0.564 bits per heavy atom. The highest BCUT2D eigenvalue weighted by atomic mass is 16.3. The summed E-state index contributed by atoms with van der Waals surface area (Å²) in [5.74, 6) is 1.26. The van der Waals surface area contributed by atoms with Crippen LogP contribution in [0.25, 0.3) is 0 Å². The number of hydrogen-bond acceptors (Lipinski definition) is 3. The van der Waals surface area contributed by atoms with Crippen LogP contribution in [-0.2, 0) is 16.2 Å². The van der Waals surface area contributed by atoms with Crippen LogP contribution in [0.1, 0.15) is 132 Å². The van der Waals surface area contributed by atoms with Crippen molar-refractivity contribution in [2.75, 3.05) is 0 Å². The summed E-state index contributed by atoms with van der Waals surface area (Å²) in [5.41, 5.74) is 7.97. The van der Waals surface area contributed by atoms with Crippen LogP contribution < -0.4 is 0 Å². The lowest BCUT2D eigenvalue weighted by atomic mass is 9.74. The summed E-state index contributed by atoms with van der Waals surface area (Å²) < 4.78 is 0. The van der Waals surface area contributed by atoms with E-state index in [1.165, 1.54) is 16.7 Å². The summed E-state index contributed by atoms with van der Waals surface area (Å²) in [7, 11) is 0. The molecule has 0 heterocycles. The molecule has 3 nitrogen and oxygen atoms in total. The number of rotatable bonds is 5. The van der Waals surface area contributed by atoms with Crippen LogP contribution in [-0.4, -0.2) is 15.3 Å². The van der Waals surface area contributed by atoms with Crippen molar-refractivity contribution in [3.8, 4) is 17.2 Å². The van der Waals surface area contributed by atoms with Crippen LogP contribution in [0.5, 0.6) is 17.2 Å². The first kappa shape index (κ1) is 30.6. The normalized spacial score (nSPS) is 13.7. The highest BCUT2D eigenvalue weighted by Gasteiger charge is 2.29. The Balaban J connectivity index is 2.26. The van der Waals surface area contributed by atoms with E-state index in [4.69, 9.17) is 0 Å². The molecule has 3 aromatic carbocycles. The lowest BCUT2D eigenvalue weighted by molar-refractivity contribution is 0.444. The van der Waals surface area contributed by atoms with Gasteiger partial charge in [0.2, 0.25) is 0 Å². The van der Waals surface area contributed by atoms with Gasteiger partial charge in [0, 0.05) is 5.92 Å². The quantitative estimate of drug-likeness (QED) is 0.308. The van der Waals surface area contributed by atoms with Crippen molar-refractivity contribution in [1.29, 1.82) is 0 Å². The molecule has 3 N–H and O–H groups in total. The first-order chi connectivity index (χ1) is 17.7. The Kier molecular flexibility index (Phi) is 8.29. The zero-order valence-electron chi connectivity index (χ0n) is 26.2. The molecule has 0 spiro atoms. The van der Waals surface area contributed by atoms with E-state index in [-0.39, 0.29) is 28.1 Å². The molecule has 212 valence electrons. The lowest BCUT2D eigenvalue weighted by Crippen LogP contribution is -2.17. The fraction of sp³-hybridized carbons (Fsp3) is 0.500. The van der Waals surface area contributed by atoms with Crippen LogP contribution in [0, 0.1) is 13.8 Å². The number of hydrogen-bond donors (Lipinski definition) is 3. The summed E-state index contributed by atoms with van der Waals surface area (Å²) in [6.07, 6.45) is 0.846. The van der Waals surface area contributed by atoms with Crippen LogP contribution >= 0.6 is 0 Å². The highest BCUT2D eigenvalue weighted by Crippen LogP contribution is 2.45. The largest absolute Gasteiger partial charge is 0.508 e. The van der Waals surface area contributed by atoms with Crippen LogP contribution in [0.4, 0.5) is 0 Å². The third-order valence-electron chi connectivity index (χ3n) is 8.12. The Hall–Kier alpha value is -2.94. The molecule has 0 aliphatic heterocycles. The summed E-state index contributed by atoms with van der Waals surface area (Å²) in [6, 6.07) is 14.2. The van der Waals surface area contributed by atoms with E-state index >= 15 is 0 Å². The van der Waals surface area contributed by atoms with Gasteiger partial charge in [0.25, 0.3) is 0 Å². The van der Waals surface area contributed by atoms with Gasteiger partial charge in [0.15, 0.2) is 0 Å². The summed E-state index contributed by atoms with van der Waals surface area (Å²) in [5, 5.41) is 32.3. The molecule has 3 heteroatoms. The second-order valence-electron chi connectivity index (χ2n) is 14.7. The Bertz CT molecular complexity index is 1270. The van der Waals surface area contributed by atoms with Crippen molar-refractivity contribution in [2.45, 2.75) is 118 Å². The first-order valence-corrected chi connectivity index (χ1v) is 14.2. The molecule has 0 amide bonds. The molecule has 39 heavy (non-hydrogen) atoms. The molecule has 0 aliphatic rings. The maximum atomic E-state index is 10.9. The van der Waals surface area contributed by atoms with Gasteiger partial charge in [0.1, 0.15) is 17.2 Å². The van der Waals surface area contributed by atoms with Crippen molar-refractivity contribution < 1.29 is 15.3 Å². The third kappa shape index (κ3) is 6.62. The molecular formula is C36H50O3. The predicted molar refractivity (Wildman–Crippen MR) is 165 cm³/mol. The molecule has 0 aliphatic carbocycles. The maximum Gasteiger partial charge on any atom is 0.119 e.